The lowest BCUT2D eigenvalue weighted by Gasteiger charge is -2.29. The maximum absolute atomic E-state index is 14.3. The molecule has 0 aliphatic carbocycles. The topological polar surface area (TPSA) is 86.0 Å². The Balaban J connectivity index is 1.45. The summed E-state index contributed by atoms with van der Waals surface area (Å²) in [6, 6.07) is 10.4. The number of amides is 1. The Morgan fingerprint density at radius 2 is 2.03 bits per heavy atom. The molecular weight excluding hydrogens is 435 g/mol. The van der Waals surface area contributed by atoms with Gasteiger partial charge in [0.25, 0.3) is 5.91 Å². The summed E-state index contributed by atoms with van der Waals surface area (Å²) in [6.45, 7) is 2.19. The number of halogens is 1. The van der Waals surface area contributed by atoms with Crippen LogP contribution >= 0.6 is 0 Å². The van der Waals surface area contributed by atoms with Gasteiger partial charge in [-0.3, -0.25) is 14.7 Å². The number of pyridine rings is 2. The number of anilines is 1. The van der Waals surface area contributed by atoms with Gasteiger partial charge in [-0.2, -0.15) is 5.10 Å². The van der Waals surface area contributed by atoms with Crippen LogP contribution in [0, 0.1) is 12.7 Å². The second-order valence-corrected chi connectivity index (χ2v) is 8.17. The van der Waals surface area contributed by atoms with Crippen LogP contribution in [0.2, 0.25) is 0 Å². The first kappa shape index (κ1) is 21.7. The van der Waals surface area contributed by atoms with Gasteiger partial charge in [-0.25, -0.2) is 19.0 Å². The number of hydrogen-bond acceptors (Lipinski definition) is 6. The van der Waals surface area contributed by atoms with Crippen LogP contribution in [-0.4, -0.2) is 44.3 Å². The summed E-state index contributed by atoms with van der Waals surface area (Å²) in [5.41, 5.74) is 3.95. The van der Waals surface area contributed by atoms with E-state index in [4.69, 9.17) is 4.74 Å². The lowest BCUT2D eigenvalue weighted by atomic mass is 9.93. The lowest BCUT2D eigenvalue weighted by Crippen LogP contribution is -2.38. The van der Waals surface area contributed by atoms with Crippen LogP contribution < -0.4 is 9.64 Å². The van der Waals surface area contributed by atoms with Crippen LogP contribution in [0.4, 0.5) is 10.2 Å². The molecule has 1 aliphatic heterocycles. The Hall–Kier alpha value is -4.14. The highest BCUT2D eigenvalue weighted by atomic mass is 19.1. The number of fused-ring (bicyclic) bond motifs is 1. The molecule has 5 rings (SSSR count). The predicted octanol–water partition coefficient (Wildman–Crippen LogP) is 3.52. The van der Waals surface area contributed by atoms with E-state index in [0.29, 0.717) is 42.3 Å². The molecule has 0 radical (unpaired) electrons. The third kappa shape index (κ3) is 3.89. The first-order valence-corrected chi connectivity index (χ1v) is 10.9. The minimum Gasteiger partial charge on any atom is -0.496 e. The quantitative estimate of drug-likeness (QED) is 0.455. The molecule has 0 atom stereocenters. The molecule has 1 amide bonds. The SMILES string of the molecule is COc1cc2c(cc1Cc1ccc(-c3nc(C)nn3C)nc1)C(=O)N(c1ncccc1F)CC2. The highest BCUT2D eigenvalue weighted by Gasteiger charge is 2.29. The lowest BCUT2D eigenvalue weighted by molar-refractivity contribution is 0.0978. The van der Waals surface area contributed by atoms with Gasteiger partial charge in [-0.1, -0.05) is 6.07 Å². The van der Waals surface area contributed by atoms with Crippen molar-refractivity contribution in [1.82, 2.24) is 24.7 Å². The van der Waals surface area contributed by atoms with Crippen LogP contribution in [0.1, 0.15) is 32.9 Å². The Bertz CT molecular complexity index is 1380. The molecule has 34 heavy (non-hydrogen) atoms. The number of nitrogens with zero attached hydrogens (tertiary/aromatic N) is 6. The van der Waals surface area contributed by atoms with Gasteiger partial charge < -0.3 is 4.74 Å². The third-order valence-corrected chi connectivity index (χ3v) is 5.90. The van der Waals surface area contributed by atoms with Gasteiger partial charge in [-0.15, -0.1) is 0 Å². The van der Waals surface area contributed by atoms with E-state index < -0.39 is 5.82 Å². The van der Waals surface area contributed by atoms with E-state index >= 15 is 0 Å². The molecule has 1 aliphatic rings. The Kier molecular flexibility index (Phi) is 5.53. The van der Waals surface area contributed by atoms with E-state index in [2.05, 4.69) is 20.1 Å². The second kappa shape index (κ2) is 8.66. The third-order valence-electron chi connectivity index (χ3n) is 5.90. The van der Waals surface area contributed by atoms with E-state index in [-0.39, 0.29) is 11.7 Å². The summed E-state index contributed by atoms with van der Waals surface area (Å²) in [5.74, 6) is 1.35. The molecule has 0 saturated heterocycles. The minimum absolute atomic E-state index is 0.0503. The molecule has 0 unspecified atom stereocenters. The van der Waals surface area contributed by atoms with Gasteiger partial charge in [0.1, 0.15) is 17.3 Å². The second-order valence-electron chi connectivity index (χ2n) is 8.17. The van der Waals surface area contributed by atoms with E-state index in [0.717, 1.165) is 22.4 Å². The standard InChI is InChI=1S/C25H23FN6O2/c1-15-29-24(31(2)30-15)21-7-6-16(14-28-21)11-18-12-19-17(13-22(18)34-3)8-10-32(25(19)33)23-20(26)5-4-9-27-23/h4-7,9,12-14H,8,10-11H2,1-3H3. The first-order chi connectivity index (χ1) is 16.4. The molecule has 4 aromatic rings. The molecule has 1 aromatic carbocycles. The molecule has 3 aromatic heterocycles. The number of methoxy groups -OCH3 is 1. The van der Waals surface area contributed by atoms with E-state index in [1.807, 2.05) is 38.2 Å². The first-order valence-electron chi connectivity index (χ1n) is 10.9. The molecule has 9 heteroatoms. The summed E-state index contributed by atoms with van der Waals surface area (Å²) in [7, 11) is 3.45. The number of rotatable bonds is 5. The molecular formula is C25H23FN6O2. The van der Waals surface area contributed by atoms with Crippen molar-refractivity contribution >= 4 is 11.7 Å². The van der Waals surface area contributed by atoms with Crippen molar-refractivity contribution in [3.8, 4) is 17.3 Å². The van der Waals surface area contributed by atoms with Crippen molar-refractivity contribution in [3.63, 3.8) is 0 Å². The average Bonchev–Trinajstić information content (AvgIpc) is 3.18. The van der Waals surface area contributed by atoms with Gasteiger partial charge in [-0.05, 0) is 60.4 Å². The van der Waals surface area contributed by atoms with Gasteiger partial charge in [0.05, 0.1) is 7.11 Å². The Morgan fingerprint density at radius 3 is 2.71 bits per heavy atom. The summed E-state index contributed by atoms with van der Waals surface area (Å²) in [6.07, 6.45) is 4.38. The molecule has 8 nitrogen and oxygen atoms in total. The number of aryl methyl sites for hydroxylation is 2. The summed E-state index contributed by atoms with van der Waals surface area (Å²) in [5, 5.41) is 4.27. The van der Waals surface area contributed by atoms with Crippen LogP contribution in [0.25, 0.3) is 11.5 Å². The van der Waals surface area contributed by atoms with Crippen molar-refractivity contribution in [2.24, 2.45) is 7.05 Å². The number of carbonyl (C=O) groups excluding carboxylic acids is 1. The van der Waals surface area contributed by atoms with Crippen molar-refractivity contribution in [1.29, 1.82) is 0 Å². The maximum Gasteiger partial charge on any atom is 0.259 e. The van der Waals surface area contributed by atoms with Crippen molar-refractivity contribution in [2.75, 3.05) is 18.6 Å². The zero-order valence-electron chi connectivity index (χ0n) is 19.1. The summed E-state index contributed by atoms with van der Waals surface area (Å²) < 4.78 is 21.6. The van der Waals surface area contributed by atoms with E-state index in [9.17, 15) is 9.18 Å². The fraction of sp³-hybridized carbons (Fsp3) is 0.240. The van der Waals surface area contributed by atoms with E-state index in [1.54, 1.807) is 18.0 Å². The maximum atomic E-state index is 14.3. The minimum atomic E-state index is -0.516. The van der Waals surface area contributed by atoms with Crippen molar-refractivity contribution in [2.45, 2.75) is 19.8 Å². The highest BCUT2D eigenvalue weighted by Crippen LogP contribution is 2.31. The number of hydrogen-bond donors (Lipinski definition) is 0. The number of carbonyl (C=O) groups is 1. The molecule has 0 bridgehead atoms. The van der Waals surface area contributed by atoms with Crippen LogP contribution in [0.5, 0.6) is 5.75 Å². The van der Waals surface area contributed by atoms with Gasteiger partial charge in [0.15, 0.2) is 17.5 Å². The van der Waals surface area contributed by atoms with E-state index in [1.165, 1.54) is 23.2 Å². The molecule has 0 N–H and O–H groups in total. The molecule has 4 heterocycles. The van der Waals surface area contributed by atoms with Gasteiger partial charge >= 0.3 is 0 Å². The average molecular weight is 458 g/mol. The number of aromatic nitrogens is 5. The van der Waals surface area contributed by atoms with Gasteiger partial charge in [0.2, 0.25) is 0 Å². The van der Waals surface area contributed by atoms with Crippen molar-refractivity contribution in [3.05, 3.63) is 82.7 Å². The van der Waals surface area contributed by atoms with Crippen molar-refractivity contribution < 1.29 is 13.9 Å². The normalized spacial score (nSPS) is 13.2. The molecule has 172 valence electrons. The Morgan fingerprint density at radius 1 is 1.18 bits per heavy atom. The number of ether oxygens (including phenoxy) is 1. The largest absolute Gasteiger partial charge is 0.496 e. The highest BCUT2D eigenvalue weighted by molar-refractivity contribution is 6.08. The zero-order chi connectivity index (χ0) is 23.8. The fourth-order valence-electron chi connectivity index (χ4n) is 4.27. The molecule has 0 spiro atoms. The Labute approximate surface area is 196 Å². The van der Waals surface area contributed by atoms with Crippen LogP contribution in [0.3, 0.4) is 0 Å². The fourth-order valence-corrected chi connectivity index (χ4v) is 4.27. The van der Waals surface area contributed by atoms with Crippen LogP contribution in [-0.2, 0) is 19.9 Å². The number of benzene rings is 1. The predicted molar refractivity (Wildman–Crippen MR) is 124 cm³/mol. The zero-order valence-corrected chi connectivity index (χ0v) is 19.1. The van der Waals surface area contributed by atoms with Gasteiger partial charge in [0, 0.05) is 38.0 Å². The van der Waals surface area contributed by atoms with Crippen LogP contribution in [0.15, 0.2) is 48.8 Å². The molecule has 0 saturated carbocycles. The monoisotopic (exact) mass is 458 g/mol. The summed E-state index contributed by atoms with van der Waals surface area (Å²) in [4.78, 5) is 27.7. The summed E-state index contributed by atoms with van der Waals surface area (Å²) >= 11 is 0. The molecule has 0 fully saturated rings. The smallest absolute Gasteiger partial charge is 0.259 e.